The minimum Gasteiger partial charge on any atom is -0.338 e. The van der Waals surface area contributed by atoms with Crippen LogP contribution in [-0.4, -0.2) is 28.1 Å². The molecule has 0 unspecified atom stereocenters. The zero-order valence-electron chi connectivity index (χ0n) is 14.6. The van der Waals surface area contributed by atoms with E-state index in [4.69, 9.17) is 5.21 Å². The first kappa shape index (κ1) is 17.7. The third-order valence-corrected chi connectivity index (χ3v) is 4.28. The van der Waals surface area contributed by atoms with Crippen LogP contribution >= 0.6 is 0 Å². The lowest BCUT2D eigenvalue weighted by atomic mass is 10.1. The topological polar surface area (TPSA) is 74.6 Å². The van der Waals surface area contributed by atoms with E-state index in [1.807, 2.05) is 47.9 Å². The molecule has 0 saturated heterocycles. The molecule has 0 saturated carbocycles. The number of rotatable bonds is 6. The van der Waals surface area contributed by atoms with Gasteiger partial charge in [-0.3, -0.25) is 14.8 Å². The van der Waals surface area contributed by atoms with Crippen LogP contribution in [0, 0.1) is 0 Å². The molecule has 1 aromatic heterocycles. The molecule has 3 rings (SSSR count). The fourth-order valence-corrected chi connectivity index (χ4v) is 3.08. The summed E-state index contributed by atoms with van der Waals surface area (Å²) in [6, 6.07) is 16.6. The SMILES string of the molecule is CCCN(C(=O)Cn1ccc2c(C(=O)NO)cccc21)c1ccccc1. The monoisotopic (exact) mass is 351 g/mol. The van der Waals surface area contributed by atoms with Gasteiger partial charge in [-0.05, 0) is 36.8 Å². The molecule has 2 aromatic carbocycles. The quantitative estimate of drug-likeness (QED) is 0.529. The van der Waals surface area contributed by atoms with Gasteiger partial charge in [0.25, 0.3) is 5.91 Å². The minimum atomic E-state index is -0.573. The number of para-hydroxylation sites is 1. The molecule has 0 aliphatic carbocycles. The summed E-state index contributed by atoms with van der Waals surface area (Å²) in [6.07, 6.45) is 2.64. The summed E-state index contributed by atoms with van der Waals surface area (Å²) in [5.41, 5.74) is 3.66. The number of nitrogens with zero attached hydrogens (tertiary/aromatic N) is 2. The van der Waals surface area contributed by atoms with E-state index in [-0.39, 0.29) is 12.5 Å². The van der Waals surface area contributed by atoms with E-state index in [1.54, 1.807) is 34.8 Å². The predicted molar refractivity (Wildman–Crippen MR) is 100 cm³/mol. The number of hydrogen-bond donors (Lipinski definition) is 2. The molecule has 0 radical (unpaired) electrons. The van der Waals surface area contributed by atoms with Gasteiger partial charge in [-0.2, -0.15) is 0 Å². The van der Waals surface area contributed by atoms with Crippen molar-refractivity contribution < 1.29 is 14.8 Å². The summed E-state index contributed by atoms with van der Waals surface area (Å²) < 4.78 is 1.82. The van der Waals surface area contributed by atoms with E-state index in [2.05, 4.69) is 0 Å². The fraction of sp³-hybridized carbons (Fsp3) is 0.200. The largest absolute Gasteiger partial charge is 0.338 e. The maximum absolute atomic E-state index is 12.9. The summed E-state index contributed by atoms with van der Waals surface area (Å²) in [5, 5.41) is 9.58. The van der Waals surface area contributed by atoms with E-state index in [0.717, 1.165) is 17.6 Å². The molecular weight excluding hydrogens is 330 g/mol. The van der Waals surface area contributed by atoms with Crippen LogP contribution in [0.1, 0.15) is 23.7 Å². The minimum absolute atomic E-state index is 0.0208. The Balaban J connectivity index is 1.90. The number of carbonyl (C=O) groups excluding carboxylic acids is 2. The molecule has 134 valence electrons. The van der Waals surface area contributed by atoms with E-state index < -0.39 is 5.91 Å². The highest BCUT2D eigenvalue weighted by Crippen LogP contribution is 2.21. The van der Waals surface area contributed by atoms with Gasteiger partial charge in [0.2, 0.25) is 5.91 Å². The average molecular weight is 351 g/mol. The van der Waals surface area contributed by atoms with Gasteiger partial charge >= 0.3 is 0 Å². The molecule has 0 spiro atoms. The molecule has 2 N–H and O–H groups in total. The van der Waals surface area contributed by atoms with Gasteiger partial charge in [-0.1, -0.05) is 31.2 Å². The molecule has 0 aliphatic rings. The van der Waals surface area contributed by atoms with Crippen molar-refractivity contribution in [3.05, 3.63) is 66.4 Å². The van der Waals surface area contributed by atoms with Gasteiger partial charge in [0.1, 0.15) is 6.54 Å². The summed E-state index contributed by atoms with van der Waals surface area (Å²) >= 11 is 0. The van der Waals surface area contributed by atoms with Crippen LogP contribution in [0.25, 0.3) is 10.9 Å². The van der Waals surface area contributed by atoms with E-state index in [1.165, 1.54) is 0 Å². The Bertz CT molecular complexity index is 918. The summed E-state index contributed by atoms with van der Waals surface area (Å²) in [5.74, 6) is -0.593. The number of aromatic nitrogens is 1. The van der Waals surface area contributed by atoms with Crippen LogP contribution in [0.5, 0.6) is 0 Å². The van der Waals surface area contributed by atoms with Crippen LogP contribution < -0.4 is 10.4 Å². The Hall–Kier alpha value is -3.12. The number of fused-ring (bicyclic) bond motifs is 1. The molecule has 2 amide bonds. The lowest BCUT2D eigenvalue weighted by molar-refractivity contribution is -0.119. The van der Waals surface area contributed by atoms with Gasteiger partial charge in [0, 0.05) is 29.3 Å². The average Bonchev–Trinajstić information content (AvgIpc) is 3.09. The van der Waals surface area contributed by atoms with Crippen molar-refractivity contribution in [1.29, 1.82) is 0 Å². The Morgan fingerprint density at radius 2 is 1.85 bits per heavy atom. The molecule has 26 heavy (non-hydrogen) atoms. The van der Waals surface area contributed by atoms with Crippen LogP contribution in [0.15, 0.2) is 60.8 Å². The summed E-state index contributed by atoms with van der Waals surface area (Å²) in [7, 11) is 0. The van der Waals surface area contributed by atoms with Crippen molar-refractivity contribution in [1.82, 2.24) is 10.0 Å². The standard InChI is InChI=1S/C20H21N3O3/c1-2-12-23(15-7-4-3-5-8-15)19(24)14-22-13-11-16-17(20(25)21-26)9-6-10-18(16)22/h3-11,13,26H,2,12,14H2,1H3,(H,21,25). The molecule has 0 bridgehead atoms. The van der Waals surface area contributed by atoms with Crippen molar-refractivity contribution in [2.24, 2.45) is 0 Å². The van der Waals surface area contributed by atoms with Crippen LogP contribution in [0.4, 0.5) is 5.69 Å². The Morgan fingerprint density at radius 3 is 2.54 bits per heavy atom. The first-order chi connectivity index (χ1) is 12.7. The van der Waals surface area contributed by atoms with Gasteiger partial charge in [-0.25, -0.2) is 5.48 Å². The normalized spacial score (nSPS) is 10.7. The Kier molecular flexibility index (Phi) is 5.34. The molecule has 3 aromatic rings. The first-order valence-corrected chi connectivity index (χ1v) is 8.53. The number of carbonyl (C=O) groups is 2. The highest BCUT2D eigenvalue weighted by molar-refractivity contribution is 6.06. The highest BCUT2D eigenvalue weighted by atomic mass is 16.5. The highest BCUT2D eigenvalue weighted by Gasteiger charge is 2.17. The molecule has 6 heteroatoms. The smallest absolute Gasteiger partial charge is 0.275 e. The molecule has 0 fully saturated rings. The van der Waals surface area contributed by atoms with E-state index in [9.17, 15) is 9.59 Å². The number of amides is 2. The van der Waals surface area contributed by atoms with Crippen molar-refractivity contribution in [3.8, 4) is 0 Å². The number of nitrogens with one attached hydrogen (secondary N) is 1. The van der Waals surface area contributed by atoms with E-state index >= 15 is 0 Å². The molecule has 1 heterocycles. The van der Waals surface area contributed by atoms with E-state index in [0.29, 0.717) is 17.5 Å². The third-order valence-electron chi connectivity index (χ3n) is 4.28. The Labute approximate surface area is 151 Å². The first-order valence-electron chi connectivity index (χ1n) is 8.53. The molecule has 0 aliphatic heterocycles. The number of hydrogen-bond acceptors (Lipinski definition) is 3. The van der Waals surface area contributed by atoms with Gasteiger partial charge in [0.15, 0.2) is 0 Å². The molecule has 6 nitrogen and oxygen atoms in total. The second-order valence-corrected chi connectivity index (χ2v) is 6.00. The molecule has 0 atom stereocenters. The van der Waals surface area contributed by atoms with Gasteiger partial charge < -0.3 is 9.47 Å². The van der Waals surface area contributed by atoms with Crippen molar-refractivity contribution in [3.63, 3.8) is 0 Å². The van der Waals surface area contributed by atoms with Gasteiger partial charge in [-0.15, -0.1) is 0 Å². The van der Waals surface area contributed by atoms with Crippen molar-refractivity contribution in [2.75, 3.05) is 11.4 Å². The number of benzene rings is 2. The Morgan fingerprint density at radius 1 is 1.08 bits per heavy atom. The van der Waals surface area contributed by atoms with Gasteiger partial charge in [0.05, 0.1) is 5.56 Å². The lowest BCUT2D eigenvalue weighted by Gasteiger charge is -2.22. The maximum Gasteiger partial charge on any atom is 0.275 e. The second kappa shape index (κ2) is 7.84. The third kappa shape index (κ3) is 3.45. The predicted octanol–water partition coefficient (Wildman–Crippen LogP) is 3.20. The van der Waals surface area contributed by atoms with Crippen molar-refractivity contribution >= 4 is 28.4 Å². The zero-order valence-corrected chi connectivity index (χ0v) is 14.6. The van der Waals surface area contributed by atoms with Crippen LogP contribution in [-0.2, 0) is 11.3 Å². The summed E-state index contributed by atoms with van der Waals surface area (Å²) in [4.78, 5) is 26.5. The summed E-state index contributed by atoms with van der Waals surface area (Å²) in [6.45, 7) is 2.84. The maximum atomic E-state index is 12.9. The zero-order chi connectivity index (χ0) is 18.5. The fourth-order valence-electron chi connectivity index (χ4n) is 3.08. The lowest BCUT2D eigenvalue weighted by Crippen LogP contribution is -2.34. The second-order valence-electron chi connectivity index (χ2n) is 6.00. The van der Waals surface area contributed by atoms with Crippen LogP contribution in [0.2, 0.25) is 0 Å². The van der Waals surface area contributed by atoms with Crippen molar-refractivity contribution in [2.45, 2.75) is 19.9 Å². The number of anilines is 1. The molecular formula is C20H21N3O3. The number of hydroxylamine groups is 1. The van der Waals surface area contributed by atoms with Crippen LogP contribution in [0.3, 0.4) is 0 Å².